The Labute approximate surface area is 107 Å². The molecule has 0 atom stereocenters. The van der Waals surface area contributed by atoms with Gasteiger partial charge in [-0.25, -0.2) is 0 Å². The van der Waals surface area contributed by atoms with Crippen LogP contribution in [0.3, 0.4) is 0 Å². The van der Waals surface area contributed by atoms with Gasteiger partial charge in [0.15, 0.2) is 0 Å². The van der Waals surface area contributed by atoms with Crippen LogP contribution in [0.1, 0.15) is 11.1 Å². The molecule has 0 aliphatic rings. The van der Waals surface area contributed by atoms with E-state index in [0.29, 0.717) is 6.54 Å². The first-order chi connectivity index (χ1) is 8.61. The third kappa shape index (κ3) is 5.45. The summed E-state index contributed by atoms with van der Waals surface area (Å²) in [6.45, 7) is 2.46. The Morgan fingerprint density at radius 3 is 2.39 bits per heavy atom. The van der Waals surface area contributed by atoms with Gasteiger partial charge in [-0.1, -0.05) is 29.8 Å². The van der Waals surface area contributed by atoms with E-state index in [1.54, 1.807) is 0 Å². The number of amides is 2. The Balaban J connectivity index is 2.19. The lowest BCUT2D eigenvalue weighted by atomic mass is 10.1. The number of rotatable bonds is 6. The van der Waals surface area contributed by atoms with E-state index in [-0.39, 0.29) is 24.9 Å². The fourth-order valence-electron chi connectivity index (χ4n) is 1.41. The predicted molar refractivity (Wildman–Crippen MR) is 70.0 cm³/mol. The zero-order valence-electron chi connectivity index (χ0n) is 10.5. The van der Waals surface area contributed by atoms with E-state index in [1.165, 1.54) is 11.1 Å². The predicted octanol–water partition coefficient (Wildman–Crippen LogP) is -0.271. The fraction of sp³-hybridized carbons (Fsp3) is 0.385. The lowest BCUT2D eigenvalue weighted by molar-refractivity contribution is -0.125. The average Bonchev–Trinajstić information content (AvgIpc) is 2.38. The molecular formula is C13H19N3O2. The van der Waals surface area contributed by atoms with E-state index < -0.39 is 0 Å². The van der Waals surface area contributed by atoms with Crippen LogP contribution >= 0.6 is 0 Å². The second-order valence-corrected chi connectivity index (χ2v) is 4.07. The van der Waals surface area contributed by atoms with Crippen LogP contribution in [0.2, 0.25) is 0 Å². The van der Waals surface area contributed by atoms with Crippen LogP contribution in [-0.4, -0.2) is 31.4 Å². The summed E-state index contributed by atoms with van der Waals surface area (Å²) in [6.07, 6.45) is 0.775. The van der Waals surface area contributed by atoms with Crippen LogP contribution < -0.4 is 16.4 Å². The minimum absolute atomic E-state index is 0.0239. The molecule has 98 valence electrons. The maximum absolute atomic E-state index is 11.3. The number of benzene rings is 1. The van der Waals surface area contributed by atoms with Gasteiger partial charge in [0.25, 0.3) is 0 Å². The number of carbonyl (C=O) groups excluding carboxylic acids is 2. The van der Waals surface area contributed by atoms with E-state index in [9.17, 15) is 9.59 Å². The molecule has 5 nitrogen and oxygen atoms in total. The van der Waals surface area contributed by atoms with Crippen molar-refractivity contribution in [2.24, 2.45) is 5.73 Å². The normalized spacial score (nSPS) is 9.89. The van der Waals surface area contributed by atoms with Crippen molar-refractivity contribution in [2.75, 3.05) is 19.6 Å². The Morgan fingerprint density at radius 1 is 1.11 bits per heavy atom. The van der Waals surface area contributed by atoms with Crippen LogP contribution in [0.25, 0.3) is 0 Å². The molecule has 18 heavy (non-hydrogen) atoms. The van der Waals surface area contributed by atoms with E-state index in [2.05, 4.69) is 10.6 Å². The lowest BCUT2D eigenvalue weighted by Crippen LogP contribution is -2.40. The minimum atomic E-state index is -0.330. The Bertz CT molecular complexity index is 401. The summed E-state index contributed by atoms with van der Waals surface area (Å²) >= 11 is 0. The summed E-state index contributed by atoms with van der Waals surface area (Å²) in [7, 11) is 0. The van der Waals surface area contributed by atoms with Gasteiger partial charge in [-0.2, -0.15) is 0 Å². The molecule has 0 saturated heterocycles. The topological polar surface area (TPSA) is 84.2 Å². The maximum atomic E-state index is 11.3. The van der Waals surface area contributed by atoms with Crippen LogP contribution in [0, 0.1) is 6.92 Å². The van der Waals surface area contributed by atoms with E-state index in [1.807, 2.05) is 31.2 Å². The standard InChI is InChI=1S/C13H19N3O2/c1-10-2-4-11(5-3-10)6-7-15-13(18)9-16-12(17)8-14/h2-5H,6-9,14H2,1H3,(H,15,18)(H,16,17). The summed E-state index contributed by atoms with van der Waals surface area (Å²) in [5.41, 5.74) is 7.49. The third-order valence-corrected chi connectivity index (χ3v) is 2.49. The lowest BCUT2D eigenvalue weighted by Gasteiger charge is -2.06. The average molecular weight is 249 g/mol. The van der Waals surface area contributed by atoms with Gasteiger partial charge in [-0.05, 0) is 18.9 Å². The summed E-state index contributed by atoms with van der Waals surface area (Å²) in [6, 6.07) is 8.16. The molecule has 0 saturated carbocycles. The number of hydrogen-bond acceptors (Lipinski definition) is 3. The molecule has 0 radical (unpaired) electrons. The molecule has 1 aromatic carbocycles. The van der Waals surface area contributed by atoms with Crippen molar-refractivity contribution in [3.8, 4) is 0 Å². The van der Waals surface area contributed by atoms with Gasteiger partial charge in [0, 0.05) is 6.54 Å². The summed E-state index contributed by atoms with van der Waals surface area (Å²) in [5, 5.41) is 5.14. The molecule has 0 fully saturated rings. The van der Waals surface area contributed by atoms with Crippen LogP contribution in [0.5, 0.6) is 0 Å². The third-order valence-electron chi connectivity index (χ3n) is 2.49. The highest BCUT2D eigenvalue weighted by Gasteiger charge is 2.03. The molecule has 1 aromatic rings. The molecule has 5 heteroatoms. The van der Waals surface area contributed by atoms with E-state index in [4.69, 9.17) is 5.73 Å². The van der Waals surface area contributed by atoms with Gasteiger partial charge in [0.2, 0.25) is 11.8 Å². The van der Waals surface area contributed by atoms with Crippen LogP contribution in [-0.2, 0) is 16.0 Å². The number of aryl methyl sites for hydroxylation is 1. The van der Waals surface area contributed by atoms with Crippen molar-refractivity contribution in [1.29, 1.82) is 0 Å². The van der Waals surface area contributed by atoms with Gasteiger partial charge < -0.3 is 16.4 Å². The number of hydrogen-bond donors (Lipinski definition) is 3. The van der Waals surface area contributed by atoms with Gasteiger partial charge in [-0.3, -0.25) is 9.59 Å². The summed E-state index contributed by atoms with van der Waals surface area (Å²) in [5.74, 6) is -0.535. The second kappa shape index (κ2) is 7.45. The van der Waals surface area contributed by atoms with Gasteiger partial charge in [-0.15, -0.1) is 0 Å². The Morgan fingerprint density at radius 2 is 1.78 bits per heavy atom. The number of carbonyl (C=O) groups is 2. The van der Waals surface area contributed by atoms with Crippen molar-refractivity contribution < 1.29 is 9.59 Å². The SMILES string of the molecule is Cc1ccc(CCNC(=O)CNC(=O)CN)cc1. The Kier molecular flexibility index (Phi) is 5.87. The van der Waals surface area contributed by atoms with Crippen LogP contribution in [0.4, 0.5) is 0 Å². The molecule has 4 N–H and O–H groups in total. The minimum Gasteiger partial charge on any atom is -0.354 e. The molecule has 0 bridgehead atoms. The largest absolute Gasteiger partial charge is 0.354 e. The zero-order chi connectivity index (χ0) is 13.4. The van der Waals surface area contributed by atoms with Crippen molar-refractivity contribution in [3.63, 3.8) is 0 Å². The summed E-state index contributed by atoms with van der Waals surface area (Å²) in [4.78, 5) is 22.2. The van der Waals surface area contributed by atoms with Gasteiger partial charge in [0.1, 0.15) is 0 Å². The molecule has 2 amide bonds. The molecule has 0 aliphatic carbocycles. The molecule has 0 unspecified atom stereocenters. The van der Waals surface area contributed by atoms with Crippen molar-refractivity contribution >= 4 is 11.8 Å². The fourth-order valence-corrected chi connectivity index (χ4v) is 1.41. The van der Waals surface area contributed by atoms with Crippen LogP contribution in [0.15, 0.2) is 24.3 Å². The molecule has 0 aliphatic heterocycles. The van der Waals surface area contributed by atoms with Gasteiger partial charge in [0.05, 0.1) is 13.1 Å². The highest BCUT2D eigenvalue weighted by atomic mass is 16.2. The molecule has 1 rings (SSSR count). The molecule has 0 aromatic heterocycles. The second-order valence-electron chi connectivity index (χ2n) is 4.07. The van der Waals surface area contributed by atoms with E-state index in [0.717, 1.165) is 6.42 Å². The maximum Gasteiger partial charge on any atom is 0.239 e. The number of nitrogens with two attached hydrogens (primary N) is 1. The number of nitrogens with one attached hydrogen (secondary N) is 2. The Hall–Kier alpha value is -1.88. The summed E-state index contributed by atoms with van der Waals surface area (Å²) < 4.78 is 0. The smallest absolute Gasteiger partial charge is 0.239 e. The zero-order valence-corrected chi connectivity index (χ0v) is 10.5. The van der Waals surface area contributed by atoms with Crippen molar-refractivity contribution in [3.05, 3.63) is 35.4 Å². The highest BCUT2D eigenvalue weighted by molar-refractivity contribution is 5.85. The molecular weight excluding hydrogens is 230 g/mol. The van der Waals surface area contributed by atoms with Gasteiger partial charge >= 0.3 is 0 Å². The van der Waals surface area contributed by atoms with E-state index >= 15 is 0 Å². The molecule has 0 spiro atoms. The van der Waals surface area contributed by atoms with Crippen molar-refractivity contribution in [2.45, 2.75) is 13.3 Å². The first-order valence-corrected chi connectivity index (χ1v) is 5.91. The monoisotopic (exact) mass is 249 g/mol. The quantitative estimate of drug-likeness (QED) is 0.649. The molecule has 0 heterocycles. The van der Waals surface area contributed by atoms with Crippen molar-refractivity contribution in [1.82, 2.24) is 10.6 Å². The first-order valence-electron chi connectivity index (χ1n) is 5.91. The highest BCUT2D eigenvalue weighted by Crippen LogP contribution is 2.02. The first kappa shape index (κ1) is 14.2.